The van der Waals surface area contributed by atoms with Gasteiger partial charge in [0.15, 0.2) is 5.52 Å². The lowest BCUT2D eigenvalue weighted by Gasteiger charge is -2.01. The number of rotatable bonds is 0. The van der Waals surface area contributed by atoms with Crippen LogP contribution in [0.15, 0.2) is 31.0 Å². The van der Waals surface area contributed by atoms with Gasteiger partial charge in [-0.25, -0.2) is 14.5 Å². The molecule has 0 radical (unpaired) electrons. The average Bonchev–Trinajstić information content (AvgIpc) is 2.33. The molecule has 0 fully saturated rings. The molecule has 0 saturated carbocycles. The van der Waals surface area contributed by atoms with E-state index < -0.39 is 0 Å². The van der Waals surface area contributed by atoms with Crippen LogP contribution in [-0.4, -0.2) is 15.0 Å². The summed E-state index contributed by atoms with van der Waals surface area (Å²) in [5.41, 5.74) is 3.09. The van der Waals surface area contributed by atoms with Crippen molar-refractivity contribution < 1.29 is 4.57 Å². The molecule has 0 aliphatic carbocycles. The number of nitrogens with zero attached hydrogens (tertiary/aromatic N) is 4. The van der Waals surface area contributed by atoms with Gasteiger partial charge in [-0.15, -0.1) is 0 Å². The van der Waals surface area contributed by atoms with Crippen LogP contribution < -0.4 is 4.57 Å². The third-order valence-electron chi connectivity index (χ3n) is 2.94. The Morgan fingerprint density at radius 3 is 2.88 bits per heavy atom. The van der Waals surface area contributed by atoms with Gasteiger partial charge in [-0.1, -0.05) is 0 Å². The van der Waals surface area contributed by atoms with E-state index in [0.29, 0.717) is 0 Å². The van der Waals surface area contributed by atoms with E-state index in [1.54, 1.807) is 6.33 Å². The first-order valence-corrected chi connectivity index (χ1v) is 5.11. The van der Waals surface area contributed by atoms with Crippen molar-refractivity contribution >= 4 is 21.8 Å². The van der Waals surface area contributed by atoms with E-state index in [1.807, 2.05) is 30.2 Å². The van der Waals surface area contributed by atoms with Crippen molar-refractivity contribution in [1.29, 1.82) is 0 Å². The molecule has 4 heteroatoms. The Morgan fingerprint density at radius 2 is 2.00 bits per heavy atom. The summed E-state index contributed by atoms with van der Waals surface area (Å²) in [4.78, 5) is 12.7. The highest BCUT2D eigenvalue weighted by Gasteiger charge is 2.12. The average molecular weight is 211 g/mol. The largest absolute Gasteiger partial charge is 0.286 e. The lowest BCUT2D eigenvalue weighted by molar-refractivity contribution is -0.679. The van der Waals surface area contributed by atoms with Crippen LogP contribution in [0, 0.1) is 6.92 Å². The van der Waals surface area contributed by atoms with Crippen LogP contribution in [0.1, 0.15) is 5.69 Å². The van der Waals surface area contributed by atoms with Crippen molar-refractivity contribution in [2.45, 2.75) is 6.92 Å². The summed E-state index contributed by atoms with van der Waals surface area (Å²) in [5.74, 6) is 0. The van der Waals surface area contributed by atoms with Gasteiger partial charge in [0.2, 0.25) is 0 Å². The third kappa shape index (κ3) is 1.16. The minimum atomic E-state index is 0.934. The highest BCUT2D eigenvalue weighted by atomic mass is 15.0. The van der Waals surface area contributed by atoms with Gasteiger partial charge in [-0.3, -0.25) is 0 Å². The number of benzene rings is 1. The van der Waals surface area contributed by atoms with E-state index in [-0.39, 0.29) is 0 Å². The molecule has 0 N–H and O–H groups in total. The summed E-state index contributed by atoms with van der Waals surface area (Å²) in [6.07, 6.45) is 5.20. The fourth-order valence-electron chi connectivity index (χ4n) is 1.89. The fraction of sp³-hybridized carbons (Fsp3) is 0.167. The Hall–Kier alpha value is -2.10. The van der Waals surface area contributed by atoms with E-state index in [1.165, 1.54) is 5.69 Å². The van der Waals surface area contributed by atoms with Crippen LogP contribution in [0.4, 0.5) is 0 Å². The topological polar surface area (TPSA) is 42.6 Å². The molecular formula is C12H11N4+. The van der Waals surface area contributed by atoms with Gasteiger partial charge in [0.25, 0.3) is 6.33 Å². The van der Waals surface area contributed by atoms with Crippen LogP contribution in [0.3, 0.4) is 0 Å². The Balaban J connectivity index is 2.58. The molecule has 0 saturated heterocycles. The van der Waals surface area contributed by atoms with Crippen LogP contribution in [0.2, 0.25) is 0 Å². The summed E-state index contributed by atoms with van der Waals surface area (Å²) in [7, 11) is 1.99. The molecule has 2 aromatic heterocycles. The second-order valence-electron chi connectivity index (χ2n) is 3.86. The SMILES string of the molecule is Cc1c2ccc3ncncc3c2nc[n+]1C. The van der Waals surface area contributed by atoms with E-state index in [4.69, 9.17) is 0 Å². The van der Waals surface area contributed by atoms with Gasteiger partial charge in [0.05, 0.1) is 23.3 Å². The van der Waals surface area contributed by atoms with Gasteiger partial charge >= 0.3 is 0 Å². The zero-order chi connectivity index (χ0) is 11.1. The van der Waals surface area contributed by atoms with E-state index >= 15 is 0 Å². The zero-order valence-corrected chi connectivity index (χ0v) is 9.18. The Bertz CT molecular complexity index is 691. The van der Waals surface area contributed by atoms with Crippen LogP contribution in [-0.2, 0) is 7.05 Å². The molecule has 0 aliphatic rings. The first kappa shape index (κ1) is 9.15. The van der Waals surface area contributed by atoms with Crippen molar-refractivity contribution in [3.8, 4) is 0 Å². The second-order valence-corrected chi connectivity index (χ2v) is 3.86. The molecule has 0 spiro atoms. The molecule has 0 amide bonds. The second kappa shape index (κ2) is 3.20. The van der Waals surface area contributed by atoms with Gasteiger partial charge in [0.1, 0.15) is 12.0 Å². The molecule has 4 nitrogen and oxygen atoms in total. The monoisotopic (exact) mass is 211 g/mol. The standard InChI is InChI=1S/C12H11N4/c1-8-9-3-4-11-10(5-13-6-14-11)12(9)15-7-16(8)2/h3-7H,1-2H3/q+1. The maximum absolute atomic E-state index is 4.45. The number of hydrogen-bond acceptors (Lipinski definition) is 3. The third-order valence-corrected chi connectivity index (χ3v) is 2.94. The highest BCUT2D eigenvalue weighted by Crippen LogP contribution is 2.21. The summed E-state index contributed by atoms with van der Waals surface area (Å²) in [6, 6.07) is 4.07. The van der Waals surface area contributed by atoms with Gasteiger partial charge < -0.3 is 0 Å². The minimum Gasteiger partial charge on any atom is -0.244 e. The molecule has 0 unspecified atom stereocenters. The lowest BCUT2D eigenvalue weighted by Crippen LogP contribution is -2.32. The predicted molar refractivity (Wildman–Crippen MR) is 60.8 cm³/mol. The van der Waals surface area contributed by atoms with Gasteiger partial charge in [-0.2, -0.15) is 0 Å². The van der Waals surface area contributed by atoms with E-state index in [2.05, 4.69) is 27.9 Å². The normalized spacial score (nSPS) is 11.1. The first-order chi connectivity index (χ1) is 7.77. The molecule has 78 valence electrons. The van der Waals surface area contributed by atoms with Crippen molar-refractivity contribution in [3.05, 3.63) is 36.7 Å². The molecule has 0 bridgehead atoms. The minimum absolute atomic E-state index is 0.934. The molecule has 0 aliphatic heterocycles. The Labute approximate surface area is 92.6 Å². The Morgan fingerprint density at radius 1 is 1.12 bits per heavy atom. The van der Waals surface area contributed by atoms with E-state index in [0.717, 1.165) is 21.8 Å². The summed E-state index contributed by atoms with van der Waals surface area (Å²) in [6.45, 7) is 2.08. The van der Waals surface area contributed by atoms with Crippen LogP contribution in [0.5, 0.6) is 0 Å². The summed E-state index contributed by atoms with van der Waals surface area (Å²) >= 11 is 0. The van der Waals surface area contributed by atoms with Crippen LogP contribution in [0.25, 0.3) is 21.8 Å². The van der Waals surface area contributed by atoms with Crippen molar-refractivity contribution in [1.82, 2.24) is 15.0 Å². The maximum Gasteiger partial charge on any atom is 0.286 e. The molecule has 16 heavy (non-hydrogen) atoms. The van der Waals surface area contributed by atoms with Crippen molar-refractivity contribution in [2.24, 2.45) is 7.05 Å². The lowest BCUT2D eigenvalue weighted by atomic mass is 10.1. The molecule has 3 rings (SSSR count). The molecule has 2 heterocycles. The summed E-state index contributed by atoms with van der Waals surface area (Å²) in [5, 5.41) is 2.15. The number of aryl methyl sites for hydroxylation is 2. The molecule has 1 aromatic carbocycles. The first-order valence-electron chi connectivity index (χ1n) is 5.11. The Kier molecular flexibility index (Phi) is 1.83. The molecule has 0 atom stereocenters. The number of aromatic nitrogens is 4. The predicted octanol–water partition coefficient (Wildman–Crippen LogP) is 1.31. The summed E-state index contributed by atoms with van der Waals surface area (Å²) < 4.78 is 2.01. The maximum atomic E-state index is 4.45. The zero-order valence-electron chi connectivity index (χ0n) is 9.18. The van der Waals surface area contributed by atoms with Gasteiger partial charge in [0, 0.05) is 6.20 Å². The quantitative estimate of drug-likeness (QED) is 0.416. The molecular weight excluding hydrogens is 200 g/mol. The highest BCUT2D eigenvalue weighted by molar-refractivity contribution is 6.03. The van der Waals surface area contributed by atoms with Crippen molar-refractivity contribution in [3.63, 3.8) is 0 Å². The number of fused-ring (bicyclic) bond motifs is 3. The fourth-order valence-corrected chi connectivity index (χ4v) is 1.89. The number of hydrogen-bond donors (Lipinski definition) is 0. The van der Waals surface area contributed by atoms with Crippen molar-refractivity contribution in [2.75, 3.05) is 0 Å². The molecule has 3 aromatic rings. The van der Waals surface area contributed by atoms with E-state index in [9.17, 15) is 0 Å². The van der Waals surface area contributed by atoms with Gasteiger partial charge in [-0.05, 0) is 24.0 Å². The smallest absolute Gasteiger partial charge is 0.244 e. The van der Waals surface area contributed by atoms with Crippen LogP contribution >= 0.6 is 0 Å².